The summed E-state index contributed by atoms with van der Waals surface area (Å²) >= 11 is 0. The molecule has 0 heterocycles. The van der Waals surface area contributed by atoms with E-state index in [0.29, 0.717) is 23.7 Å². The summed E-state index contributed by atoms with van der Waals surface area (Å²) in [5.74, 6) is 0.675. The number of hydrogen-bond donors (Lipinski definition) is 3. The van der Waals surface area contributed by atoms with Crippen LogP contribution in [0.15, 0.2) is 18.2 Å². The lowest BCUT2D eigenvalue weighted by Gasteiger charge is -2.26. The van der Waals surface area contributed by atoms with E-state index in [4.69, 9.17) is 21.9 Å². The summed E-state index contributed by atoms with van der Waals surface area (Å²) in [4.78, 5) is 0. The van der Waals surface area contributed by atoms with Crippen LogP contribution in [0.2, 0.25) is 0 Å². The number of nitrogen functional groups attached to an aromatic ring is 2. The van der Waals surface area contributed by atoms with Crippen LogP contribution in [0.3, 0.4) is 0 Å². The maximum Gasteiger partial charge on any atom is 0.142 e. The van der Waals surface area contributed by atoms with Crippen LogP contribution >= 0.6 is 24.8 Å². The molecular weight excluding hydrogens is 285 g/mol. The van der Waals surface area contributed by atoms with Crippen molar-refractivity contribution in [2.24, 2.45) is 5.73 Å². The lowest BCUT2D eigenvalue weighted by molar-refractivity contribution is 0.248. The Kier molecular flexibility index (Phi) is 9.84. The Hall–Kier alpha value is -0.840. The molecule has 0 aliphatic carbocycles. The Labute approximate surface area is 127 Å². The van der Waals surface area contributed by atoms with E-state index in [2.05, 4.69) is 13.8 Å². The van der Waals surface area contributed by atoms with Gasteiger partial charge in [-0.1, -0.05) is 13.8 Å². The number of hydrogen-bond acceptors (Lipinski definition) is 4. The number of rotatable bonds is 6. The summed E-state index contributed by atoms with van der Waals surface area (Å²) in [5, 5.41) is 0. The minimum atomic E-state index is -0.136. The van der Waals surface area contributed by atoms with Crippen LogP contribution in [0.25, 0.3) is 0 Å². The first-order valence-corrected chi connectivity index (χ1v) is 6.07. The number of anilines is 2. The van der Waals surface area contributed by atoms with E-state index in [9.17, 15) is 0 Å². The lowest BCUT2D eigenvalue weighted by atomic mass is 9.91. The Morgan fingerprint density at radius 1 is 1.11 bits per heavy atom. The van der Waals surface area contributed by atoms with E-state index in [-0.39, 0.29) is 30.4 Å². The zero-order chi connectivity index (χ0) is 12.9. The minimum absolute atomic E-state index is 0. The van der Waals surface area contributed by atoms with Crippen LogP contribution in [0.4, 0.5) is 11.4 Å². The van der Waals surface area contributed by atoms with Crippen molar-refractivity contribution in [1.82, 2.24) is 0 Å². The van der Waals surface area contributed by atoms with Crippen molar-refractivity contribution in [3.63, 3.8) is 0 Å². The zero-order valence-electron chi connectivity index (χ0n) is 11.5. The molecule has 0 radical (unpaired) electrons. The molecule has 0 aliphatic heterocycles. The second kappa shape index (κ2) is 9.13. The fraction of sp³-hybridized carbons (Fsp3) is 0.538. The van der Waals surface area contributed by atoms with Crippen molar-refractivity contribution in [2.45, 2.75) is 38.6 Å². The van der Waals surface area contributed by atoms with Gasteiger partial charge in [-0.2, -0.15) is 0 Å². The molecule has 0 spiro atoms. The van der Waals surface area contributed by atoms with Crippen LogP contribution in [-0.4, -0.2) is 12.1 Å². The van der Waals surface area contributed by atoms with Gasteiger partial charge in [-0.05, 0) is 37.5 Å². The quantitative estimate of drug-likeness (QED) is 0.705. The highest BCUT2D eigenvalue weighted by Crippen LogP contribution is 2.24. The second-order valence-corrected chi connectivity index (χ2v) is 4.47. The van der Waals surface area contributed by atoms with Gasteiger partial charge in [-0.3, -0.25) is 0 Å². The molecule has 112 valence electrons. The van der Waals surface area contributed by atoms with Crippen molar-refractivity contribution in [3.05, 3.63) is 18.2 Å². The van der Waals surface area contributed by atoms with Gasteiger partial charge in [0.25, 0.3) is 0 Å². The van der Waals surface area contributed by atoms with Crippen molar-refractivity contribution in [3.8, 4) is 5.75 Å². The predicted molar refractivity (Wildman–Crippen MR) is 87.4 cm³/mol. The molecule has 1 rings (SSSR count). The van der Waals surface area contributed by atoms with Gasteiger partial charge >= 0.3 is 0 Å². The summed E-state index contributed by atoms with van der Waals surface area (Å²) in [5.41, 5.74) is 18.7. The Bertz CT molecular complexity index is 371. The summed E-state index contributed by atoms with van der Waals surface area (Å²) in [6, 6.07) is 5.27. The van der Waals surface area contributed by atoms with E-state index in [1.165, 1.54) is 0 Å². The molecule has 0 aliphatic rings. The van der Waals surface area contributed by atoms with Gasteiger partial charge in [-0.25, -0.2) is 0 Å². The van der Waals surface area contributed by atoms with Crippen LogP contribution in [-0.2, 0) is 0 Å². The first-order chi connectivity index (χ1) is 8.00. The van der Waals surface area contributed by atoms with Crippen molar-refractivity contribution >= 4 is 36.2 Å². The van der Waals surface area contributed by atoms with E-state index in [1.807, 2.05) is 0 Å². The molecule has 0 saturated carbocycles. The normalized spacial score (nSPS) is 10.3. The molecule has 1 aromatic carbocycles. The number of ether oxygens (including phenoxy) is 1. The molecule has 4 nitrogen and oxygen atoms in total. The lowest BCUT2D eigenvalue weighted by Crippen LogP contribution is -2.39. The SMILES string of the molecule is CCC(N)(CC)CCOc1ccc(N)cc1N.Cl.Cl. The third-order valence-electron chi connectivity index (χ3n) is 3.30. The Balaban J connectivity index is 0. The molecule has 0 atom stereocenters. The van der Waals surface area contributed by atoms with E-state index in [1.54, 1.807) is 18.2 Å². The minimum Gasteiger partial charge on any atom is -0.491 e. The highest BCUT2D eigenvalue weighted by molar-refractivity contribution is 5.85. The van der Waals surface area contributed by atoms with E-state index >= 15 is 0 Å². The molecule has 6 N–H and O–H groups in total. The number of benzene rings is 1. The maximum absolute atomic E-state index is 6.19. The molecule has 0 aromatic heterocycles. The predicted octanol–water partition coefficient (Wildman–Crippen LogP) is 2.98. The van der Waals surface area contributed by atoms with E-state index in [0.717, 1.165) is 19.3 Å². The molecule has 19 heavy (non-hydrogen) atoms. The first-order valence-electron chi connectivity index (χ1n) is 6.07. The second-order valence-electron chi connectivity index (χ2n) is 4.47. The monoisotopic (exact) mass is 309 g/mol. The third kappa shape index (κ3) is 6.23. The van der Waals surface area contributed by atoms with Crippen molar-refractivity contribution in [1.29, 1.82) is 0 Å². The van der Waals surface area contributed by atoms with Gasteiger partial charge in [-0.15, -0.1) is 24.8 Å². The summed E-state index contributed by atoms with van der Waals surface area (Å²) in [7, 11) is 0. The van der Waals surface area contributed by atoms with E-state index < -0.39 is 0 Å². The fourth-order valence-electron chi connectivity index (χ4n) is 1.67. The fourth-order valence-corrected chi connectivity index (χ4v) is 1.67. The van der Waals surface area contributed by atoms with Crippen LogP contribution in [0, 0.1) is 0 Å². The van der Waals surface area contributed by atoms with Gasteiger partial charge in [0.15, 0.2) is 0 Å². The molecule has 0 saturated heterocycles. The molecule has 0 amide bonds. The Morgan fingerprint density at radius 2 is 1.68 bits per heavy atom. The zero-order valence-corrected chi connectivity index (χ0v) is 13.2. The number of halogens is 2. The van der Waals surface area contributed by atoms with Crippen molar-refractivity contribution in [2.75, 3.05) is 18.1 Å². The maximum atomic E-state index is 6.19. The smallest absolute Gasteiger partial charge is 0.142 e. The first kappa shape index (κ1) is 20.5. The third-order valence-corrected chi connectivity index (χ3v) is 3.30. The van der Waals surface area contributed by atoms with Gasteiger partial charge in [0.05, 0.1) is 12.3 Å². The topological polar surface area (TPSA) is 87.3 Å². The average Bonchev–Trinajstić information content (AvgIpc) is 2.32. The van der Waals surface area contributed by atoms with Gasteiger partial charge in [0, 0.05) is 11.2 Å². The molecule has 1 aromatic rings. The van der Waals surface area contributed by atoms with Crippen molar-refractivity contribution < 1.29 is 4.74 Å². The van der Waals surface area contributed by atoms with Crippen LogP contribution in [0.5, 0.6) is 5.75 Å². The summed E-state index contributed by atoms with van der Waals surface area (Å²) in [6.07, 6.45) is 2.72. The average molecular weight is 310 g/mol. The van der Waals surface area contributed by atoms with Crippen LogP contribution < -0.4 is 21.9 Å². The molecular formula is C13H25Cl2N3O. The molecule has 0 unspecified atom stereocenters. The van der Waals surface area contributed by atoms with Crippen LogP contribution in [0.1, 0.15) is 33.1 Å². The standard InChI is InChI=1S/C13H23N3O.2ClH/c1-3-13(16,4-2)7-8-17-12-6-5-10(14)9-11(12)15;;/h5-6,9H,3-4,7-8,14-16H2,1-2H3;2*1H. The molecule has 6 heteroatoms. The highest BCUT2D eigenvalue weighted by Gasteiger charge is 2.19. The van der Waals surface area contributed by atoms with Gasteiger partial charge in [0.2, 0.25) is 0 Å². The molecule has 0 fully saturated rings. The van der Waals surface area contributed by atoms with Gasteiger partial charge in [0.1, 0.15) is 5.75 Å². The molecule has 0 bridgehead atoms. The summed E-state index contributed by atoms with van der Waals surface area (Å²) in [6.45, 7) is 4.77. The largest absolute Gasteiger partial charge is 0.491 e. The number of nitrogens with two attached hydrogens (primary N) is 3. The highest BCUT2D eigenvalue weighted by atomic mass is 35.5. The van der Waals surface area contributed by atoms with Gasteiger partial charge < -0.3 is 21.9 Å². The summed E-state index contributed by atoms with van der Waals surface area (Å²) < 4.78 is 5.63. The Morgan fingerprint density at radius 3 is 2.16 bits per heavy atom.